The number of nitrogens with zero attached hydrogens (tertiary/aromatic N) is 2. The van der Waals surface area contributed by atoms with Crippen molar-refractivity contribution in [2.45, 2.75) is 31.1 Å². The van der Waals surface area contributed by atoms with Gasteiger partial charge in [-0.2, -0.15) is 4.31 Å². The molecule has 1 fully saturated rings. The van der Waals surface area contributed by atoms with Gasteiger partial charge in [0.15, 0.2) is 0 Å². The zero-order valence-electron chi connectivity index (χ0n) is 15.0. The number of benzene rings is 1. The highest BCUT2D eigenvalue weighted by Gasteiger charge is 2.41. The molecule has 0 aliphatic carbocycles. The van der Waals surface area contributed by atoms with Gasteiger partial charge in [-0.3, -0.25) is 9.59 Å². The predicted octanol–water partition coefficient (Wildman–Crippen LogP) is 1.53. The zero-order valence-corrected chi connectivity index (χ0v) is 15.8. The summed E-state index contributed by atoms with van der Waals surface area (Å²) < 4.78 is 66.7. The van der Waals surface area contributed by atoms with Crippen LogP contribution in [0.4, 0.5) is 13.2 Å². The van der Waals surface area contributed by atoms with Crippen molar-refractivity contribution < 1.29 is 41.0 Å². The number of hydrogen-bond acceptors (Lipinski definition) is 5. The molecule has 8 nitrogen and oxygen atoms in total. The van der Waals surface area contributed by atoms with E-state index in [2.05, 4.69) is 4.74 Å². The lowest BCUT2D eigenvalue weighted by Gasteiger charge is -2.39. The van der Waals surface area contributed by atoms with Gasteiger partial charge in [0, 0.05) is 25.6 Å². The Labute approximate surface area is 159 Å². The zero-order chi connectivity index (χ0) is 21.3. The minimum absolute atomic E-state index is 0.00922. The number of alkyl halides is 3. The molecule has 0 radical (unpaired) electrons. The normalized spacial score (nSPS) is 18.9. The third-order valence-corrected chi connectivity index (χ3v) is 6.01. The highest BCUT2D eigenvalue weighted by molar-refractivity contribution is 7.89. The summed E-state index contributed by atoms with van der Waals surface area (Å²) in [5.74, 6) is -2.70. The molecule has 1 heterocycles. The van der Waals surface area contributed by atoms with Crippen molar-refractivity contribution in [3.8, 4) is 5.75 Å². The standard InChI is InChI=1S/C16H19F3N2O6S/c1-10(2)14(22)20-7-8-21(13(9-20)15(23)24)28(25,26)12-5-3-11(4-6-12)27-16(17,18)19/h3-6,10,13H,7-9H2,1-2H3,(H,23,24)/t13-/m1/s1. The summed E-state index contributed by atoms with van der Waals surface area (Å²) in [6.45, 7) is 2.73. The van der Waals surface area contributed by atoms with Gasteiger partial charge in [-0.25, -0.2) is 8.42 Å². The lowest BCUT2D eigenvalue weighted by atomic mass is 10.1. The maximum atomic E-state index is 12.8. The topological polar surface area (TPSA) is 104 Å². The van der Waals surface area contributed by atoms with Crippen LogP contribution in [0.2, 0.25) is 0 Å². The van der Waals surface area contributed by atoms with Crippen molar-refractivity contribution in [1.29, 1.82) is 0 Å². The molecule has 1 amide bonds. The van der Waals surface area contributed by atoms with Crippen molar-refractivity contribution in [3.05, 3.63) is 24.3 Å². The third kappa shape index (κ3) is 4.93. The first-order valence-corrected chi connectivity index (χ1v) is 9.66. The van der Waals surface area contributed by atoms with Crippen LogP contribution in [0.5, 0.6) is 5.75 Å². The van der Waals surface area contributed by atoms with Crippen LogP contribution < -0.4 is 4.74 Å². The number of sulfonamides is 1. The smallest absolute Gasteiger partial charge is 0.480 e. The average Bonchev–Trinajstić information content (AvgIpc) is 2.59. The second kappa shape index (κ2) is 7.95. The largest absolute Gasteiger partial charge is 0.573 e. The number of carbonyl (C=O) groups is 2. The van der Waals surface area contributed by atoms with Crippen LogP contribution in [0, 0.1) is 5.92 Å². The van der Waals surface area contributed by atoms with E-state index in [-0.39, 0.29) is 36.4 Å². The Morgan fingerprint density at radius 1 is 1.18 bits per heavy atom. The van der Waals surface area contributed by atoms with Gasteiger partial charge in [-0.1, -0.05) is 13.8 Å². The SMILES string of the molecule is CC(C)C(=O)N1CCN(S(=O)(=O)c2ccc(OC(F)(F)F)cc2)[C@@H](C(=O)O)C1. The number of rotatable bonds is 5. The minimum Gasteiger partial charge on any atom is -0.480 e. The molecule has 0 spiro atoms. The lowest BCUT2D eigenvalue weighted by Crippen LogP contribution is -2.59. The molecule has 1 aliphatic heterocycles. The van der Waals surface area contributed by atoms with Crippen LogP contribution in [-0.2, 0) is 19.6 Å². The van der Waals surface area contributed by atoms with Crippen molar-refractivity contribution in [1.82, 2.24) is 9.21 Å². The number of halogens is 3. The number of amides is 1. The summed E-state index contributed by atoms with van der Waals surface area (Å²) in [7, 11) is -4.31. The van der Waals surface area contributed by atoms with Crippen LogP contribution >= 0.6 is 0 Å². The first-order chi connectivity index (χ1) is 12.8. The van der Waals surface area contributed by atoms with Crippen LogP contribution in [0.25, 0.3) is 0 Å². The fraction of sp³-hybridized carbons (Fsp3) is 0.500. The number of piperazine rings is 1. The first-order valence-electron chi connectivity index (χ1n) is 8.22. The molecule has 12 heteroatoms. The molecule has 1 N–H and O–H groups in total. The molecule has 0 bridgehead atoms. The molecule has 0 unspecified atom stereocenters. The summed E-state index contributed by atoms with van der Waals surface area (Å²) in [6, 6.07) is 1.96. The summed E-state index contributed by atoms with van der Waals surface area (Å²) in [4.78, 5) is 24.6. The highest BCUT2D eigenvalue weighted by Crippen LogP contribution is 2.27. The van der Waals surface area contributed by atoms with Gasteiger partial charge >= 0.3 is 12.3 Å². The molecular weight excluding hydrogens is 405 g/mol. The quantitative estimate of drug-likeness (QED) is 0.769. The number of aliphatic carboxylic acids is 1. The fourth-order valence-electron chi connectivity index (χ4n) is 2.77. The molecule has 1 aromatic carbocycles. The van der Waals surface area contributed by atoms with E-state index in [0.717, 1.165) is 28.6 Å². The van der Waals surface area contributed by atoms with Gasteiger partial charge in [-0.05, 0) is 24.3 Å². The molecule has 1 aliphatic rings. The van der Waals surface area contributed by atoms with E-state index in [1.807, 2.05) is 0 Å². The van der Waals surface area contributed by atoms with Crippen molar-refractivity contribution in [2.24, 2.45) is 5.92 Å². The van der Waals surface area contributed by atoms with Crippen molar-refractivity contribution in [2.75, 3.05) is 19.6 Å². The van der Waals surface area contributed by atoms with Crippen LogP contribution in [-0.4, -0.2) is 66.6 Å². The van der Waals surface area contributed by atoms with Crippen molar-refractivity contribution >= 4 is 21.9 Å². The summed E-state index contributed by atoms with van der Waals surface area (Å²) in [5, 5.41) is 9.44. The van der Waals surface area contributed by atoms with Crippen molar-refractivity contribution in [3.63, 3.8) is 0 Å². The summed E-state index contributed by atoms with van der Waals surface area (Å²) in [6.07, 6.45) is -4.92. The Morgan fingerprint density at radius 2 is 1.75 bits per heavy atom. The van der Waals surface area contributed by atoms with Gasteiger partial charge in [0.25, 0.3) is 0 Å². The number of hydrogen-bond donors (Lipinski definition) is 1. The molecule has 156 valence electrons. The first kappa shape index (κ1) is 22.0. The molecule has 1 aromatic rings. The minimum atomic E-state index is -4.92. The van der Waals surface area contributed by atoms with Crippen LogP contribution in [0.1, 0.15) is 13.8 Å². The van der Waals surface area contributed by atoms with Gasteiger partial charge < -0.3 is 14.7 Å². The molecule has 1 saturated heterocycles. The maximum absolute atomic E-state index is 12.8. The molecule has 0 aromatic heterocycles. The van der Waals surface area contributed by atoms with Gasteiger partial charge in [-0.15, -0.1) is 13.2 Å². The fourth-order valence-corrected chi connectivity index (χ4v) is 4.33. The Kier molecular flexibility index (Phi) is 6.24. The monoisotopic (exact) mass is 424 g/mol. The molecule has 0 saturated carbocycles. The highest BCUT2D eigenvalue weighted by atomic mass is 32.2. The number of carboxylic acids is 1. The molecular formula is C16H19F3N2O6S. The van der Waals surface area contributed by atoms with E-state index in [0.29, 0.717) is 0 Å². The molecule has 2 rings (SSSR count). The lowest BCUT2D eigenvalue weighted by molar-refractivity contribution is -0.274. The second-order valence-electron chi connectivity index (χ2n) is 6.43. The van der Waals surface area contributed by atoms with Gasteiger partial charge in [0.1, 0.15) is 11.8 Å². The molecule has 1 atom stereocenters. The summed E-state index contributed by atoms with van der Waals surface area (Å²) in [5.41, 5.74) is 0. The van der Waals surface area contributed by atoms with Crippen LogP contribution in [0.15, 0.2) is 29.2 Å². The van der Waals surface area contributed by atoms with E-state index in [1.54, 1.807) is 13.8 Å². The Balaban J connectivity index is 2.26. The van der Waals surface area contributed by atoms with E-state index < -0.39 is 34.1 Å². The Hall–Kier alpha value is -2.34. The van der Waals surface area contributed by atoms with E-state index in [4.69, 9.17) is 0 Å². The van der Waals surface area contributed by atoms with Crippen LogP contribution in [0.3, 0.4) is 0 Å². The van der Waals surface area contributed by atoms with E-state index in [1.165, 1.54) is 4.90 Å². The Bertz CT molecular complexity index is 839. The number of carboxylic acid groups (broad SMARTS) is 1. The van der Waals surface area contributed by atoms with Gasteiger partial charge in [0.2, 0.25) is 15.9 Å². The molecule has 28 heavy (non-hydrogen) atoms. The van der Waals surface area contributed by atoms with E-state index in [9.17, 15) is 36.3 Å². The third-order valence-electron chi connectivity index (χ3n) is 4.09. The number of carbonyl (C=O) groups excluding carboxylic acids is 1. The number of ether oxygens (including phenoxy) is 1. The maximum Gasteiger partial charge on any atom is 0.573 e. The second-order valence-corrected chi connectivity index (χ2v) is 8.32. The predicted molar refractivity (Wildman–Crippen MR) is 89.9 cm³/mol. The average molecular weight is 424 g/mol. The summed E-state index contributed by atoms with van der Waals surface area (Å²) >= 11 is 0. The van der Waals surface area contributed by atoms with Gasteiger partial charge in [0.05, 0.1) is 4.90 Å². The van der Waals surface area contributed by atoms with E-state index >= 15 is 0 Å². The Morgan fingerprint density at radius 3 is 2.21 bits per heavy atom.